The molecule has 0 aliphatic carbocycles. The van der Waals surface area contributed by atoms with Crippen molar-refractivity contribution in [3.05, 3.63) is 29.3 Å². The summed E-state index contributed by atoms with van der Waals surface area (Å²) in [7, 11) is 0. The van der Waals surface area contributed by atoms with Crippen molar-refractivity contribution in [2.24, 2.45) is 5.41 Å². The smallest absolute Gasteiger partial charge is 0.0955 e. The van der Waals surface area contributed by atoms with Crippen LogP contribution in [-0.2, 0) is 11.2 Å². The van der Waals surface area contributed by atoms with Crippen LogP contribution in [0.15, 0.2) is 24.3 Å². The predicted molar refractivity (Wildman–Crippen MR) is 71.4 cm³/mol. The van der Waals surface area contributed by atoms with E-state index >= 15 is 0 Å². The second kappa shape index (κ2) is 4.68. The molecule has 18 heavy (non-hydrogen) atoms. The number of aromatic nitrogens is 1. The minimum absolute atomic E-state index is 0.369. The molecule has 1 atom stereocenters. The van der Waals surface area contributed by atoms with Gasteiger partial charge in [-0.2, -0.15) is 5.26 Å². The zero-order valence-corrected chi connectivity index (χ0v) is 10.9. The van der Waals surface area contributed by atoms with Gasteiger partial charge in [0.05, 0.1) is 33.3 Å². The van der Waals surface area contributed by atoms with Crippen molar-refractivity contribution < 1.29 is 4.74 Å². The summed E-state index contributed by atoms with van der Waals surface area (Å²) in [5.41, 5.74) is 0.661. The maximum atomic E-state index is 9.42. The SMILES string of the molecule is N#CC1(Cc2nc3ccccc3s2)CCCOC1. The van der Waals surface area contributed by atoms with Gasteiger partial charge in [-0.1, -0.05) is 12.1 Å². The lowest BCUT2D eigenvalue weighted by Gasteiger charge is -2.29. The fourth-order valence-electron chi connectivity index (χ4n) is 2.40. The highest BCUT2D eigenvalue weighted by Crippen LogP contribution is 2.34. The molecule has 92 valence electrons. The molecule has 1 saturated heterocycles. The molecule has 0 saturated carbocycles. The van der Waals surface area contributed by atoms with E-state index in [0.717, 1.165) is 30.0 Å². The second-order valence-electron chi connectivity index (χ2n) is 4.80. The van der Waals surface area contributed by atoms with E-state index in [4.69, 9.17) is 4.74 Å². The van der Waals surface area contributed by atoms with Crippen LogP contribution < -0.4 is 0 Å². The van der Waals surface area contributed by atoms with Crippen LogP contribution >= 0.6 is 11.3 Å². The van der Waals surface area contributed by atoms with E-state index in [0.29, 0.717) is 13.0 Å². The number of thiazole rings is 1. The van der Waals surface area contributed by atoms with Crippen molar-refractivity contribution in [2.45, 2.75) is 19.3 Å². The molecule has 0 spiro atoms. The molecule has 0 N–H and O–H groups in total. The Hall–Kier alpha value is -1.44. The van der Waals surface area contributed by atoms with Gasteiger partial charge in [-0.15, -0.1) is 11.3 Å². The number of hydrogen-bond donors (Lipinski definition) is 0. The number of para-hydroxylation sites is 1. The Bertz CT molecular complexity index is 560. The first-order valence-corrected chi connectivity index (χ1v) is 6.96. The third-order valence-corrected chi connectivity index (χ3v) is 4.42. The third-order valence-electron chi connectivity index (χ3n) is 3.39. The van der Waals surface area contributed by atoms with E-state index < -0.39 is 0 Å². The molecular weight excluding hydrogens is 244 g/mol. The summed E-state index contributed by atoms with van der Waals surface area (Å²) >= 11 is 1.69. The Kier molecular flexibility index (Phi) is 3.02. The zero-order chi connectivity index (χ0) is 12.4. The molecule has 0 bridgehead atoms. The lowest BCUT2D eigenvalue weighted by atomic mass is 9.81. The first-order valence-electron chi connectivity index (χ1n) is 6.15. The van der Waals surface area contributed by atoms with Crippen LogP contribution in [0, 0.1) is 16.7 Å². The molecule has 3 nitrogen and oxygen atoms in total. The molecule has 0 amide bonds. The van der Waals surface area contributed by atoms with Crippen LogP contribution in [0.4, 0.5) is 0 Å². The van der Waals surface area contributed by atoms with Crippen molar-refractivity contribution in [2.75, 3.05) is 13.2 Å². The molecule has 4 heteroatoms. The minimum atomic E-state index is -0.369. The van der Waals surface area contributed by atoms with Gasteiger partial charge >= 0.3 is 0 Å². The number of nitrogens with zero attached hydrogens (tertiary/aromatic N) is 2. The molecule has 1 fully saturated rings. The maximum absolute atomic E-state index is 9.42. The topological polar surface area (TPSA) is 45.9 Å². The summed E-state index contributed by atoms with van der Waals surface area (Å²) in [5, 5.41) is 10.5. The molecule has 1 unspecified atom stereocenters. The van der Waals surface area contributed by atoms with E-state index in [1.165, 1.54) is 4.70 Å². The van der Waals surface area contributed by atoms with Gasteiger partial charge in [0.1, 0.15) is 0 Å². The van der Waals surface area contributed by atoms with Crippen molar-refractivity contribution in [3.63, 3.8) is 0 Å². The number of ether oxygens (including phenoxy) is 1. The highest BCUT2D eigenvalue weighted by Gasteiger charge is 2.34. The number of rotatable bonds is 2. The quantitative estimate of drug-likeness (QED) is 0.831. The van der Waals surface area contributed by atoms with Crippen LogP contribution in [0.25, 0.3) is 10.2 Å². The standard InChI is InChI=1S/C14H14N2OS/c15-9-14(6-3-7-17-10-14)8-13-16-11-4-1-2-5-12(11)18-13/h1-2,4-5H,3,6-8,10H2. The molecule has 0 radical (unpaired) electrons. The average Bonchev–Trinajstić information content (AvgIpc) is 2.81. The van der Waals surface area contributed by atoms with Gasteiger partial charge in [0.2, 0.25) is 0 Å². The molecule has 1 aliphatic heterocycles. The summed E-state index contributed by atoms with van der Waals surface area (Å²) in [4.78, 5) is 4.61. The summed E-state index contributed by atoms with van der Waals surface area (Å²) in [6.07, 6.45) is 2.60. The Morgan fingerprint density at radius 2 is 2.33 bits per heavy atom. The summed E-state index contributed by atoms with van der Waals surface area (Å²) < 4.78 is 6.67. The minimum Gasteiger partial charge on any atom is -0.380 e. The van der Waals surface area contributed by atoms with Gasteiger partial charge in [-0.25, -0.2) is 4.98 Å². The second-order valence-corrected chi connectivity index (χ2v) is 5.92. The number of hydrogen-bond acceptors (Lipinski definition) is 4. The number of nitriles is 1. The Labute approximate surface area is 110 Å². The zero-order valence-electron chi connectivity index (χ0n) is 10.1. The summed E-state index contributed by atoms with van der Waals surface area (Å²) in [6.45, 7) is 1.32. The lowest BCUT2D eigenvalue weighted by molar-refractivity contribution is 0.0224. The van der Waals surface area contributed by atoms with Crippen LogP contribution in [-0.4, -0.2) is 18.2 Å². The van der Waals surface area contributed by atoms with Gasteiger partial charge in [-0.3, -0.25) is 0 Å². The third kappa shape index (κ3) is 2.12. The van der Waals surface area contributed by atoms with Crippen molar-refractivity contribution in [1.29, 1.82) is 5.26 Å². The first-order chi connectivity index (χ1) is 8.81. The fourth-order valence-corrected chi connectivity index (χ4v) is 3.52. The fraction of sp³-hybridized carbons (Fsp3) is 0.429. The van der Waals surface area contributed by atoms with E-state index in [1.807, 2.05) is 18.2 Å². The van der Waals surface area contributed by atoms with Crippen molar-refractivity contribution in [1.82, 2.24) is 4.98 Å². The first kappa shape index (κ1) is 11.6. The highest BCUT2D eigenvalue weighted by atomic mass is 32.1. The molecule has 1 aromatic heterocycles. The van der Waals surface area contributed by atoms with Crippen molar-refractivity contribution in [3.8, 4) is 6.07 Å². The summed E-state index contributed by atoms with van der Waals surface area (Å²) in [5.74, 6) is 0. The number of benzene rings is 1. The van der Waals surface area contributed by atoms with E-state index in [2.05, 4.69) is 17.1 Å². The summed E-state index contributed by atoms with van der Waals surface area (Å²) in [6, 6.07) is 10.6. The van der Waals surface area contributed by atoms with Crippen LogP contribution in [0.5, 0.6) is 0 Å². The normalized spacial score (nSPS) is 23.9. The Balaban J connectivity index is 1.88. The van der Waals surface area contributed by atoms with Gasteiger partial charge < -0.3 is 4.74 Å². The van der Waals surface area contributed by atoms with Crippen LogP contribution in [0.3, 0.4) is 0 Å². The van der Waals surface area contributed by atoms with Gasteiger partial charge in [-0.05, 0) is 25.0 Å². The van der Waals surface area contributed by atoms with Crippen LogP contribution in [0.1, 0.15) is 17.8 Å². The lowest BCUT2D eigenvalue weighted by Crippen LogP contribution is -2.32. The van der Waals surface area contributed by atoms with Crippen molar-refractivity contribution >= 4 is 21.6 Å². The van der Waals surface area contributed by atoms with Gasteiger partial charge in [0.15, 0.2) is 0 Å². The Morgan fingerprint density at radius 1 is 1.44 bits per heavy atom. The molecule has 3 rings (SSSR count). The van der Waals surface area contributed by atoms with E-state index in [1.54, 1.807) is 11.3 Å². The highest BCUT2D eigenvalue weighted by molar-refractivity contribution is 7.18. The molecular formula is C14H14N2OS. The van der Waals surface area contributed by atoms with Gasteiger partial charge in [0, 0.05) is 13.0 Å². The molecule has 1 aliphatic rings. The average molecular weight is 258 g/mol. The van der Waals surface area contributed by atoms with Crippen LogP contribution in [0.2, 0.25) is 0 Å². The largest absolute Gasteiger partial charge is 0.380 e. The molecule has 2 aromatic rings. The van der Waals surface area contributed by atoms with E-state index in [9.17, 15) is 5.26 Å². The Morgan fingerprint density at radius 3 is 3.06 bits per heavy atom. The monoisotopic (exact) mass is 258 g/mol. The van der Waals surface area contributed by atoms with Gasteiger partial charge in [0.25, 0.3) is 0 Å². The number of fused-ring (bicyclic) bond motifs is 1. The maximum Gasteiger partial charge on any atom is 0.0955 e. The molecule has 2 heterocycles. The van der Waals surface area contributed by atoms with E-state index in [-0.39, 0.29) is 5.41 Å². The molecule has 1 aromatic carbocycles. The predicted octanol–water partition coefficient (Wildman–Crippen LogP) is 3.16.